The van der Waals surface area contributed by atoms with Gasteiger partial charge >= 0.3 is 7.60 Å². The van der Waals surface area contributed by atoms with Crippen molar-refractivity contribution in [2.24, 2.45) is 19.8 Å². The van der Waals surface area contributed by atoms with Crippen molar-refractivity contribution in [1.29, 1.82) is 0 Å². The molecule has 0 aliphatic heterocycles. The van der Waals surface area contributed by atoms with Gasteiger partial charge in [-0.2, -0.15) is 0 Å². The first-order valence-corrected chi connectivity index (χ1v) is 17.6. The number of halogens is 2. The standard InChI is InChI=1S/C35H37Cl2N4O5P/c1-5-45-47(43,46-6-2)17-8-7-16-44-31-20-26(35(38,32-22-39-23-40(32)3)25-12-14-27(36)15-13-25)19-30-29(21-33(42)41(4)34(30)31)24-10-9-11-28(37)18-24/h7-15,18-23H,5-6,16-17,38H2,1-4H3/t35-/m1/s1. The van der Waals surface area contributed by atoms with Crippen LogP contribution in [0.3, 0.4) is 0 Å². The molecule has 0 spiro atoms. The largest absolute Gasteiger partial charge is 0.487 e. The zero-order valence-corrected chi connectivity index (χ0v) is 29.1. The molecule has 0 unspecified atom stereocenters. The smallest absolute Gasteiger partial charge is 0.334 e. The lowest BCUT2D eigenvalue weighted by Crippen LogP contribution is -2.41. The second-order valence-corrected chi connectivity index (χ2v) is 13.9. The average molecular weight is 696 g/mol. The van der Waals surface area contributed by atoms with Gasteiger partial charge in [-0.25, -0.2) is 4.98 Å². The average Bonchev–Trinajstić information content (AvgIpc) is 3.48. The molecule has 0 fully saturated rings. The van der Waals surface area contributed by atoms with Gasteiger partial charge in [0.1, 0.15) is 17.9 Å². The minimum absolute atomic E-state index is 0.0964. The van der Waals surface area contributed by atoms with Crippen molar-refractivity contribution >= 4 is 41.7 Å². The predicted molar refractivity (Wildman–Crippen MR) is 189 cm³/mol. The van der Waals surface area contributed by atoms with Crippen LogP contribution in [0.1, 0.15) is 30.7 Å². The lowest BCUT2D eigenvalue weighted by Gasteiger charge is -2.32. The summed E-state index contributed by atoms with van der Waals surface area (Å²) in [6, 6.07) is 20.1. The second-order valence-electron chi connectivity index (χ2n) is 11.0. The summed E-state index contributed by atoms with van der Waals surface area (Å²) in [6.07, 6.45) is 6.98. The lowest BCUT2D eigenvalue weighted by atomic mass is 9.80. The van der Waals surface area contributed by atoms with E-state index < -0.39 is 13.1 Å². The molecule has 0 saturated carbocycles. The molecule has 246 valence electrons. The minimum Gasteiger partial charge on any atom is -0.487 e. The number of allylic oxidation sites excluding steroid dienone is 1. The highest BCUT2D eigenvalue weighted by molar-refractivity contribution is 7.54. The number of nitrogens with zero attached hydrogens (tertiary/aromatic N) is 3. The number of aromatic nitrogens is 3. The van der Waals surface area contributed by atoms with Crippen molar-refractivity contribution in [1.82, 2.24) is 14.1 Å². The number of pyridine rings is 1. The van der Waals surface area contributed by atoms with Crippen LogP contribution in [0, 0.1) is 0 Å². The van der Waals surface area contributed by atoms with E-state index >= 15 is 0 Å². The van der Waals surface area contributed by atoms with Crippen LogP contribution in [-0.2, 0) is 33.2 Å². The topological polar surface area (TPSA) is 111 Å². The van der Waals surface area contributed by atoms with E-state index in [4.69, 9.17) is 42.7 Å². The maximum absolute atomic E-state index is 13.4. The molecule has 0 aliphatic rings. The van der Waals surface area contributed by atoms with E-state index in [-0.39, 0.29) is 31.5 Å². The Morgan fingerprint density at radius 1 is 0.936 bits per heavy atom. The highest BCUT2D eigenvalue weighted by Gasteiger charge is 2.36. The number of ether oxygens (including phenoxy) is 1. The van der Waals surface area contributed by atoms with Crippen LogP contribution in [-0.4, -0.2) is 40.1 Å². The molecule has 9 nitrogen and oxygen atoms in total. The van der Waals surface area contributed by atoms with E-state index in [2.05, 4.69) is 4.98 Å². The molecule has 47 heavy (non-hydrogen) atoms. The van der Waals surface area contributed by atoms with E-state index in [9.17, 15) is 9.36 Å². The van der Waals surface area contributed by atoms with Crippen LogP contribution in [0.2, 0.25) is 10.0 Å². The number of benzene rings is 3. The third-order valence-electron chi connectivity index (χ3n) is 7.89. The normalized spacial score (nSPS) is 13.3. The maximum Gasteiger partial charge on any atom is 0.334 e. The van der Waals surface area contributed by atoms with Crippen molar-refractivity contribution in [2.45, 2.75) is 19.4 Å². The number of nitrogens with two attached hydrogens (primary N) is 1. The molecule has 1 atom stereocenters. The van der Waals surface area contributed by atoms with Crippen LogP contribution < -0.4 is 16.0 Å². The summed E-state index contributed by atoms with van der Waals surface area (Å²) in [7, 11) is 0.319. The Balaban J connectivity index is 1.72. The van der Waals surface area contributed by atoms with Crippen LogP contribution in [0.4, 0.5) is 0 Å². The van der Waals surface area contributed by atoms with Gasteiger partial charge < -0.3 is 28.7 Å². The third-order valence-corrected chi connectivity index (χ3v) is 10.3. The van der Waals surface area contributed by atoms with Gasteiger partial charge in [0.15, 0.2) is 0 Å². The summed E-state index contributed by atoms with van der Waals surface area (Å²) in [5, 5.41) is 1.84. The van der Waals surface area contributed by atoms with Crippen LogP contribution in [0.5, 0.6) is 5.75 Å². The van der Waals surface area contributed by atoms with Crippen LogP contribution >= 0.6 is 30.8 Å². The summed E-state index contributed by atoms with van der Waals surface area (Å²) < 4.78 is 33.6. The van der Waals surface area contributed by atoms with E-state index in [0.717, 1.165) is 22.2 Å². The molecular formula is C35H37Cl2N4O5P. The van der Waals surface area contributed by atoms with Crippen molar-refractivity contribution < 1.29 is 18.3 Å². The Kier molecular flexibility index (Phi) is 10.8. The van der Waals surface area contributed by atoms with Gasteiger partial charge in [-0.3, -0.25) is 9.36 Å². The summed E-state index contributed by atoms with van der Waals surface area (Å²) >= 11 is 12.7. The molecule has 0 aliphatic carbocycles. The molecular weight excluding hydrogens is 658 g/mol. The second kappa shape index (κ2) is 14.6. The van der Waals surface area contributed by atoms with Gasteiger partial charge in [-0.1, -0.05) is 59.6 Å². The zero-order valence-electron chi connectivity index (χ0n) is 26.7. The fourth-order valence-corrected chi connectivity index (χ4v) is 7.45. The number of hydrogen-bond donors (Lipinski definition) is 1. The molecule has 0 amide bonds. The number of aryl methyl sites for hydroxylation is 2. The summed E-state index contributed by atoms with van der Waals surface area (Å²) in [6.45, 7) is 4.19. The van der Waals surface area contributed by atoms with Gasteiger partial charge in [0, 0.05) is 35.6 Å². The van der Waals surface area contributed by atoms with Gasteiger partial charge in [-0.05, 0) is 72.5 Å². The number of fused-ring (bicyclic) bond motifs is 1. The fourth-order valence-electron chi connectivity index (χ4n) is 5.66. The van der Waals surface area contributed by atoms with Crippen molar-refractivity contribution in [3.8, 4) is 16.9 Å². The number of imidazole rings is 1. The molecule has 0 bridgehead atoms. The first kappa shape index (κ1) is 34.6. The van der Waals surface area contributed by atoms with Crippen LogP contribution in [0.25, 0.3) is 22.0 Å². The maximum atomic E-state index is 13.4. The highest BCUT2D eigenvalue weighted by Crippen LogP contribution is 2.48. The van der Waals surface area contributed by atoms with E-state index in [1.54, 1.807) is 74.4 Å². The first-order valence-electron chi connectivity index (χ1n) is 15.1. The summed E-state index contributed by atoms with van der Waals surface area (Å²) in [5.41, 5.74) is 10.2. The minimum atomic E-state index is -3.26. The molecule has 0 radical (unpaired) electrons. The Bertz CT molecular complexity index is 2020. The zero-order chi connectivity index (χ0) is 33.8. The highest BCUT2D eigenvalue weighted by atomic mass is 35.5. The molecule has 12 heteroatoms. The van der Waals surface area contributed by atoms with E-state index in [0.29, 0.717) is 32.4 Å². The third kappa shape index (κ3) is 7.26. The van der Waals surface area contributed by atoms with Crippen molar-refractivity contribution in [3.05, 3.63) is 129 Å². The molecule has 5 rings (SSSR count). The SMILES string of the molecule is CCOP(=O)(CC=CCOc1cc([C@](N)(c2ccc(Cl)cc2)c2cncn2C)cc2c(-c3cccc(Cl)c3)cc(=O)n(C)c12)OCC. The van der Waals surface area contributed by atoms with Crippen molar-refractivity contribution in [2.75, 3.05) is 26.0 Å². The van der Waals surface area contributed by atoms with Crippen LogP contribution in [0.15, 0.2) is 96.2 Å². The van der Waals surface area contributed by atoms with Gasteiger partial charge in [0.2, 0.25) is 0 Å². The summed E-state index contributed by atoms with van der Waals surface area (Å²) in [5.74, 6) is 0.425. The molecule has 2 aromatic heterocycles. The van der Waals surface area contributed by atoms with Gasteiger partial charge in [0.05, 0.1) is 43.1 Å². The number of hydrogen-bond acceptors (Lipinski definition) is 7. The Hall–Kier alpha value is -3.69. The molecule has 2 N–H and O–H groups in total. The molecule has 0 saturated heterocycles. The monoisotopic (exact) mass is 694 g/mol. The quantitative estimate of drug-likeness (QED) is 0.0993. The number of rotatable bonds is 13. The molecule has 2 heterocycles. The van der Waals surface area contributed by atoms with Gasteiger partial charge in [0.25, 0.3) is 5.56 Å². The first-order chi connectivity index (χ1) is 22.5. The Labute approximate surface area is 284 Å². The Morgan fingerprint density at radius 2 is 1.66 bits per heavy atom. The molecule has 3 aromatic carbocycles. The molecule has 5 aromatic rings. The Morgan fingerprint density at radius 3 is 2.30 bits per heavy atom. The van der Waals surface area contributed by atoms with Gasteiger partial charge in [-0.15, -0.1) is 0 Å². The fraction of sp³-hybridized carbons (Fsp3) is 0.257. The lowest BCUT2D eigenvalue weighted by molar-refractivity contribution is 0.222. The van der Waals surface area contributed by atoms with Crippen molar-refractivity contribution in [3.63, 3.8) is 0 Å². The van der Waals surface area contributed by atoms with E-state index in [1.807, 2.05) is 54.1 Å². The summed E-state index contributed by atoms with van der Waals surface area (Å²) in [4.78, 5) is 17.8. The van der Waals surface area contributed by atoms with E-state index in [1.165, 1.54) is 0 Å². The predicted octanol–water partition coefficient (Wildman–Crippen LogP) is 7.70.